The Hall–Kier alpha value is -5.27. The van der Waals surface area contributed by atoms with E-state index in [9.17, 15) is 44.7 Å². The zero-order valence-corrected chi connectivity index (χ0v) is 36.0. The van der Waals surface area contributed by atoms with Crippen LogP contribution in [0.25, 0.3) is 11.1 Å². The van der Waals surface area contributed by atoms with Gasteiger partial charge in [0.15, 0.2) is 0 Å². The molecule has 2 amide bonds. The number of alkyl halides is 3. The molecule has 1 aliphatic heterocycles. The third kappa shape index (κ3) is 11.4. The van der Waals surface area contributed by atoms with Crippen molar-refractivity contribution in [3.05, 3.63) is 137 Å². The average molecular weight is 931 g/mol. The van der Waals surface area contributed by atoms with Gasteiger partial charge in [-0.3, -0.25) is 4.79 Å². The quantitative estimate of drug-likeness (QED) is 0.0598. The smallest absolute Gasteiger partial charge is 0.465 e. The number of carbonyl (C=O) groups is 2. The number of carboxylic acid groups (broad SMARTS) is 1. The number of carbonyl (C=O) groups excluding carboxylic acids is 1. The second-order valence-corrected chi connectivity index (χ2v) is 19.6. The van der Waals surface area contributed by atoms with Gasteiger partial charge >= 0.3 is 11.6 Å². The summed E-state index contributed by atoms with van der Waals surface area (Å²) in [6.45, 7) is 1.04. The summed E-state index contributed by atoms with van der Waals surface area (Å²) in [5.74, 6) is -0.981. The molecule has 19 heteroatoms. The first-order valence-corrected chi connectivity index (χ1v) is 23.6. The summed E-state index contributed by atoms with van der Waals surface area (Å²) in [7, 11) is -11.1. The zero-order chi connectivity index (χ0) is 44.7. The van der Waals surface area contributed by atoms with E-state index in [1.165, 1.54) is 23.9 Å². The lowest BCUT2D eigenvalue weighted by Crippen LogP contribution is -2.36. The number of piperidine rings is 1. The number of sulfone groups is 1. The minimum Gasteiger partial charge on any atom is -0.465 e. The van der Waals surface area contributed by atoms with Gasteiger partial charge in [-0.1, -0.05) is 66.2 Å². The maximum absolute atomic E-state index is 14.0. The maximum Gasteiger partial charge on any atom is 0.501 e. The number of aliphatic hydroxyl groups excluding tert-OH is 1. The van der Waals surface area contributed by atoms with Gasteiger partial charge in [0.25, 0.3) is 25.8 Å². The van der Waals surface area contributed by atoms with Crippen molar-refractivity contribution in [3.8, 4) is 11.1 Å². The van der Waals surface area contributed by atoms with Crippen LogP contribution in [-0.2, 0) is 19.9 Å². The molecule has 0 saturated carbocycles. The Morgan fingerprint density at radius 2 is 1.50 bits per heavy atom. The Labute approximate surface area is 366 Å². The Kier molecular flexibility index (Phi) is 14.8. The van der Waals surface area contributed by atoms with Crippen LogP contribution in [0.15, 0.2) is 136 Å². The van der Waals surface area contributed by atoms with Gasteiger partial charge in [-0.25, -0.2) is 26.4 Å². The number of rotatable bonds is 16. The fourth-order valence-electron chi connectivity index (χ4n) is 7.06. The zero-order valence-electron chi connectivity index (χ0n) is 32.8. The summed E-state index contributed by atoms with van der Waals surface area (Å²) in [4.78, 5) is 24.8. The molecule has 5 aromatic carbocycles. The van der Waals surface area contributed by atoms with Crippen LogP contribution in [0.2, 0.25) is 5.02 Å². The molecule has 1 fully saturated rings. The normalized spacial score (nSPS) is 14.8. The third-order valence-corrected chi connectivity index (χ3v) is 14.6. The molecular formula is C43H42ClF3N4O8S3. The van der Waals surface area contributed by atoms with E-state index in [-0.39, 0.29) is 30.2 Å². The van der Waals surface area contributed by atoms with E-state index in [2.05, 4.69) is 15.5 Å². The minimum absolute atomic E-state index is 0.0226. The SMILES string of the molecule is O=C(O)NCCC(CSc1ccccc1)Nc1ccc(S(=O)(=O)NC(=O)c2ccc(N3CCC(C(O)c4ccccc4-c4ccc(Cl)cc4)CC3)cc2)cc1S(=O)(=O)C(F)(F)F. The molecule has 2 unspecified atom stereocenters. The lowest BCUT2D eigenvalue weighted by atomic mass is 9.84. The van der Waals surface area contributed by atoms with E-state index in [4.69, 9.17) is 16.7 Å². The lowest BCUT2D eigenvalue weighted by molar-refractivity contribution is -0.0436. The minimum atomic E-state index is -6.15. The first kappa shape index (κ1) is 46.2. The summed E-state index contributed by atoms with van der Waals surface area (Å²) in [5, 5.41) is 26.0. The van der Waals surface area contributed by atoms with Crippen molar-refractivity contribution in [2.75, 3.05) is 35.6 Å². The summed E-state index contributed by atoms with van der Waals surface area (Å²) >= 11 is 7.36. The van der Waals surface area contributed by atoms with Gasteiger partial charge in [0.05, 0.1) is 16.7 Å². The van der Waals surface area contributed by atoms with Crippen molar-refractivity contribution >= 4 is 66.6 Å². The maximum atomic E-state index is 14.0. The fourth-order valence-corrected chi connectivity index (χ4v) is 10.2. The van der Waals surface area contributed by atoms with E-state index in [0.717, 1.165) is 39.4 Å². The van der Waals surface area contributed by atoms with Crippen LogP contribution in [0.3, 0.4) is 0 Å². The average Bonchev–Trinajstić information content (AvgIpc) is 3.25. The number of halogens is 4. The van der Waals surface area contributed by atoms with Gasteiger partial charge in [-0.05, 0) is 109 Å². The highest BCUT2D eigenvalue weighted by atomic mass is 35.5. The highest BCUT2D eigenvalue weighted by Crippen LogP contribution is 2.39. The van der Waals surface area contributed by atoms with E-state index < -0.39 is 65.0 Å². The van der Waals surface area contributed by atoms with E-state index in [1.54, 1.807) is 54.6 Å². The van der Waals surface area contributed by atoms with Crippen LogP contribution in [0.4, 0.5) is 29.3 Å². The molecule has 328 valence electrons. The van der Waals surface area contributed by atoms with Crippen molar-refractivity contribution in [2.24, 2.45) is 5.92 Å². The summed E-state index contributed by atoms with van der Waals surface area (Å²) in [6, 6.07) is 31.3. The molecule has 1 heterocycles. The summed E-state index contributed by atoms with van der Waals surface area (Å²) in [5.41, 5.74) is -3.08. The Morgan fingerprint density at radius 3 is 2.15 bits per heavy atom. The third-order valence-electron chi connectivity index (χ3n) is 10.3. The molecule has 0 bridgehead atoms. The Morgan fingerprint density at radius 1 is 0.855 bits per heavy atom. The standard InChI is InChI=1S/C43H42ClF3N4O8S3/c44-31-14-10-28(11-15-31)36-8-4-5-9-37(36)40(52)29-21-24-51(25-22-29)33-16-12-30(13-17-33)41(53)50-62(58,59)35-18-19-38(39(26-35)61(56,57)43(45,46)47)49-32(20-23-48-42(54)55)27-60-34-6-2-1-3-7-34/h1-19,26,29,32,40,48-49,52H,20-25,27H2,(H,50,53)(H,54,55). The number of nitrogens with zero attached hydrogens (tertiary/aromatic N) is 1. The second kappa shape index (κ2) is 19.8. The number of aliphatic hydroxyl groups is 1. The van der Waals surface area contributed by atoms with E-state index >= 15 is 0 Å². The molecule has 0 radical (unpaired) electrons. The van der Waals surface area contributed by atoms with Crippen molar-refractivity contribution in [3.63, 3.8) is 0 Å². The second-order valence-electron chi connectivity index (χ2n) is 14.4. The number of anilines is 2. The van der Waals surface area contributed by atoms with Crippen LogP contribution >= 0.6 is 23.4 Å². The van der Waals surface area contributed by atoms with Crippen molar-refractivity contribution in [1.82, 2.24) is 10.0 Å². The molecule has 5 N–H and O–H groups in total. The van der Waals surface area contributed by atoms with Gasteiger partial charge in [-0.2, -0.15) is 13.2 Å². The number of hydrogen-bond donors (Lipinski definition) is 5. The Bertz CT molecular complexity index is 2580. The van der Waals surface area contributed by atoms with Crippen molar-refractivity contribution in [1.29, 1.82) is 0 Å². The fraction of sp³-hybridized carbons (Fsp3) is 0.256. The molecule has 5 aromatic rings. The molecule has 6 rings (SSSR count). The number of benzene rings is 5. The van der Waals surface area contributed by atoms with Crippen LogP contribution in [-0.4, -0.2) is 76.0 Å². The Balaban J connectivity index is 1.13. The number of nitrogens with one attached hydrogen (secondary N) is 3. The van der Waals surface area contributed by atoms with Gasteiger partial charge in [-0.15, -0.1) is 11.8 Å². The van der Waals surface area contributed by atoms with E-state index in [1.807, 2.05) is 41.1 Å². The molecule has 62 heavy (non-hydrogen) atoms. The molecule has 12 nitrogen and oxygen atoms in total. The van der Waals surface area contributed by atoms with Crippen LogP contribution in [0, 0.1) is 5.92 Å². The highest BCUT2D eigenvalue weighted by Gasteiger charge is 2.48. The van der Waals surface area contributed by atoms with Crippen LogP contribution in [0.5, 0.6) is 0 Å². The monoisotopic (exact) mass is 930 g/mol. The van der Waals surface area contributed by atoms with Crippen molar-refractivity contribution in [2.45, 2.75) is 51.6 Å². The largest absolute Gasteiger partial charge is 0.501 e. The van der Waals surface area contributed by atoms with Gasteiger partial charge in [0.2, 0.25) is 0 Å². The molecule has 1 saturated heterocycles. The molecule has 1 aliphatic rings. The van der Waals surface area contributed by atoms with Gasteiger partial charge in [0, 0.05) is 52.6 Å². The first-order chi connectivity index (χ1) is 29.4. The topological polar surface area (TPSA) is 182 Å². The molecule has 0 spiro atoms. The van der Waals surface area contributed by atoms with Crippen LogP contribution < -0.4 is 20.3 Å². The van der Waals surface area contributed by atoms with E-state index in [0.29, 0.717) is 37.0 Å². The summed E-state index contributed by atoms with van der Waals surface area (Å²) < 4.78 is 96.4. The number of amides is 2. The summed E-state index contributed by atoms with van der Waals surface area (Å²) in [6.07, 6.45) is -0.718. The number of sulfonamides is 1. The van der Waals surface area contributed by atoms with Gasteiger partial charge < -0.3 is 25.7 Å². The predicted molar refractivity (Wildman–Crippen MR) is 233 cm³/mol. The van der Waals surface area contributed by atoms with Crippen molar-refractivity contribution < 1.29 is 49.8 Å². The highest BCUT2D eigenvalue weighted by molar-refractivity contribution is 7.99. The molecule has 2 atom stereocenters. The predicted octanol–water partition coefficient (Wildman–Crippen LogP) is 8.60. The molecular weight excluding hydrogens is 889 g/mol. The van der Waals surface area contributed by atoms with Gasteiger partial charge in [0.1, 0.15) is 4.90 Å². The first-order valence-electron chi connectivity index (χ1n) is 19.2. The lowest BCUT2D eigenvalue weighted by Gasteiger charge is -2.36. The molecule has 0 aromatic heterocycles. The number of hydrogen-bond acceptors (Lipinski definition) is 10. The number of thioether (sulfide) groups is 1. The molecule has 0 aliphatic carbocycles. The van der Waals surface area contributed by atoms with Crippen LogP contribution in [0.1, 0.15) is 41.3 Å².